The summed E-state index contributed by atoms with van der Waals surface area (Å²) in [7, 11) is -4.30. The Morgan fingerprint density at radius 1 is 0.848 bits per heavy atom. The van der Waals surface area contributed by atoms with E-state index in [1.165, 1.54) is 47.4 Å². The highest BCUT2D eigenvalue weighted by Gasteiger charge is 2.35. The Bertz CT molecular complexity index is 1770. The van der Waals surface area contributed by atoms with Gasteiger partial charge in [-0.15, -0.1) is 0 Å². The number of nitrogens with zero attached hydrogens (tertiary/aromatic N) is 2. The van der Waals surface area contributed by atoms with Crippen LogP contribution in [0.3, 0.4) is 0 Å². The van der Waals surface area contributed by atoms with Crippen LogP contribution in [0.15, 0.2) is 108 Å². The molecule has 1 aliphatic heterocycles. The fraction of sp³-hybridized carbons (Fsp3) is 0.257. The summed E-state index contributed by atoms with van der Waals surface area (Å²) in [5.41, 5.74) is 1.12. The summed E-state index contributed by atoms with van der Waals surface area (Å²) in [6.45, 7) is 3.29. The van der Waals surface area contributed by atoms with Crippen LogP contribution in [-0.4, -0.2) is 57.0 Å². The van der Waals surface area contributed by atoms with Gasteiger partial charge in [0, 0.05) is 30.6 Å². The van der Waals surface area contributed by atoms with Crippen LogP contribution in [-0.2, 0) is 32.6 Å². The van der Waals surface area contributed by atoms with Crippen LogP contribution in [0.5, 0.6) is 11.5 Å². The van der Waals surface area contributed by atoms with Crippen molar-refractivity contribution in [3.8, 4) is 11.5 Å². The summed E-state index contributed by atoms with van der Waals surface area (Å²) in [5, 5.41) is 2.89. The number of anilines is 1. The SMILES string of the molecule is CC(C)NC(=O)[C@@H](Cc1ccccc1)N(Cc1ccccc1F)C(=O)CN(c1ccc2c(c1)OCCO2)S(=O)(=O)c1ccccc1. The molecular formula is C35H36FN3O6S. The van der Waals surface area contributed by atoms with Gasteiger partial charge in [-0.3, -0.25) is 13.9 Å². The minimum atomic E-state index is -4.30. The van der Waals surface area contributed by atoms with Gasteiger partial charge in [0.15, 0.2) is 11.5 Å². The van der Waals surface area contributed by atoms with Crippen LogP contribution >= 0.6 is 0 Å². The van der Waals surface area contributed by atoms with Gasteiger partial charge in [0.05, 0.1) is 10.6 Å². The van der Waals surface area contributed by atoms with Gasteiger partial charge in [0.2, 0.25) is 11.8 Å². The molecule has 1 aliphatic rings. The first-order chi connectivity index (χ1) is 22.1. The average Bonchev–Trinajstić information content (AvgIpc) is 3.06. The lowest BCUT2D eigenvalue weighted by Gasteiger charge is -2.34. The molecule has 1 atom stereocenters. The second kappa shape index (κ2) is 14.5. The maximum absolute atomic E-state index is 15.0. The minimum absolute atomic E-state index is 0.0308. The normalized spacial score (nSPS) is 13.1. The number of carbonyl (C=O) groups is 2. The number of hydrogen-bond donors (Lipinski definition) is 1. The number of sulfonamides is 1. The van der Waals surface area contributed by atoms with Crippen molar-refractivity contribution in [2.24, 2.45) is 0 Å². The van der Waals surface area contributed by atoms with Crippen molar-refractivity contribution in [1.82, 2.24) is 10.2 Å². The lowest BCUT2D eigenvalue weighted by atomic mass is 10.0. The molecule has 0 saturated heterocycles. The van der Waals surface area contributed by atoms with Gasteiger partial charge in [-0.1, -0.05) is 66.7 Å². The quantitative estimate of drug-likeness (QED) is 0.234. The topological polar surface area (TPSA) is 105 Å². The van der Waals surface area contributed by atoms with Crippen molar-refractivity contribution in [3.05, 3.63) is 120 Å². The molecule has 0 bridgehead atoms. The summed E-state index contributed by atoms with van der Waals surface area (Å²) in [5.74, 6) is -0.903. The smallest absolute Gasteiger partial charge is 0.264 e. The first-order valence-electron chi connectivity index (χ1n) is 15.0. The van der Waals surface area contributed by atoms with Crippen LogP contribution in [0, 0.1) is 5.82 Å². The molecule has 4 aromatic carbocycles. The minimum Gasteiger partial charge on any atom is -0.486 e. The molecule has 0 unspecified atom stereocenters. The third-order valence-electron chi connectivity index (χ3n) is 7.42. The molecule has 1 N–H and O–H groups in total. The number of amides is 2. The average molecular weight is 646 g/mol. The molecule has 0 aromatic heterocycles. The zero-order chi connectivity index (χ0) is 32.7. The Hall–Kier alpha value is -4.90. The van der Waals surface area contributed by atoms with E-state index in [1.54, 1.807) is 44.2 Å². The van der Waals surface area contributed by atoms with Crippen LogP contribution in [0.2, 0.25) is 0 Å². The lowest BCUT2D eigenvalue weighted by molar-refractivity contribution is -0.140. The number of halogens is 1. The van der Waals surface area contributed by atoms with Crippen molar-refractivity contribution >= 4 is 27.5 Å². The number of rotatable bonds is 12. The second-order valence-corrected chi connectivity index (χ2v) is 13.0. The molecule has 4 aromatic rings. The van der Waals surface area contributed by atoms with E-state index < -0.39 is 40.2 Å². The van der Waals surface area contributed by atoms with Crippen molar-refractivity contribution < 1.29 is 31.9 Å². The van der Waals surface area contributed by atoms with E-state index in [2.05, 4.69) is 5.32 Å². The summed E-state index contributed by atoms with van der Waals surface area (Å²) in [6.07, 6.45) is 0.120. The molecule has 0 spiro atoms. The number of benzene rings is 4. The predicted molar refractivity (Wildman–Crippen MR) is 173 cm³/mol. The van der Waals surface area contributed by atoms with Gasteiger partial charge in [-0.25, -0.2) is 12.8 Å². The van der Waals surface area contributed by atoms with Crippen molar-refractivity contribution in [2.75, 3.05) is 24.1 Å². The van der Waals surface area contributed by atoms with E-state index in [1.807, 2.05) is 30.3 Å². The van der Waals surface area contributed by atoms with E-state index in [0.29, 0.717) is 18.1 Å². The summed E-state index contributed by atoms with van der Waals surface area (Å²) < 4.78 is 55.7. The summed E-state index contributed by atoms with van der Waals surface area (Å²) >= 11 is 0. The number of carbonyl (C=O) groups excluding carboxylic acids is 2. The van der Waals surface area contributed by atoms with Gasteiger partial charge in [-0.2, -0.15) is 0 Å². The molecule has 0 aliphatic carbocycles. The van der Waals surface area contributed by atoms with E-state index in [9.17, 15) is 18.0 Å². The van der Waals surface area contributed by atoms with E-state index >= 15 is 4.39 Å². The molecule has 1 heterocycles. The third kappa shape index (κ3) is 7.66. The number of nitrogens with one attached hydrogen (secondary N) is 1. The maximum atomic E-state index is 15.0. The maximum Gasteiger partial charge on any atom is 0.264 e. The van der Waals surface area contributed by atoms with E-state index in [4.69, 9.17) is 9.47 Å². The van der Waals surface area contributed by atoms with Crippen molar-refractivity contribution in [1.29, 1.82) is 0 Å². The Balaban J connectivity index is 1.59. The zero-order valence-electron chi connectivity index (χ0n) is 25.6. The molecule has 0 radical (unpaired) electrons. The lowest BCUT2D eigenvalue weighted by Crippen LogP contribution is -2.54. The molecule has 2 amide bonds. The first-order valence-corrected chi connectivity index (χ1v) is 16.4. The molecule has 0 fully saturated rings. The molecule has 46 heavy (non-hydrogen) atoms. The van der Waals surface area contributed by atoms with Crippen LogP contribution in [0.1, 0.15) is 25.0 Å². The highest BCUT2D eigenvalue weighted by Crippen LogP contribution is 2.36. The first kappa shape index (κ1) is 32.5. The van der Waals surface area contributed by atoms with Gasteiger partial charge in [-0.05, 0) is 49.7 Å². The number of fused-ring (bicyclic) bond motifs is 1. The Labute approximate surface area is 268 Å². The standard InChI is InChI=1S/C35H36FN3O6S/c1-25(2)37-35(41)31(21-26-11-5-3-6-12-26)38(23-27-13-9-10-16-30(27)36)34(40)24-39(46(42,43)29-14-7-4-8-15-29)28-17-18-32-33(22-28)45-20-19-44-32/h3-18,22,25,31H,19-21,23-24H2,1-2H3,(H,37,41)/t31-/m1/s1. The molecular weight excluding hydrogens is 609 g/mol. The molecule has 11 heteroatoms. The van der Waals surface area contributed by atoms with Crippen molar-refractivity contribution in [3.63, 3.8) is 0 Å². The van der Waals surface area contributed by atoms with Gasteiger partial charge in [0.1, 0.15) is 31.6 Å². The Morgan fingerprint density at radius 3 is 2.15 bits per heavy atom. The molecule has 0 saturated carbocycles. The number of hydrogen-bond acceptors (Lipinski definition) is 6. The van der Waals surface area contributed by atoms with Gasteiger partial charge >= 0.3 is 0 Å². The predicted octanol–water partition coefficient (Wildman–Crippen LogP) is 4.96. The fourth-order valence-electron chi connectivity index (χ4n) is 5.18. The third-order valence-corrected chi connectivity index (χ3v) is 9.21. The second-order valence-electron chi connectivity index (χ2n) is 11.1. The highest BCUT2D eigenvalue weighted by molar-refractivity contribution is 7.92. The van der Waals surface area contributed by atoms with Gasteiger partial charge < -0.3 is 19.7 Å². The Kier molecular flexibility index (Phi) is 10.2. The zero-order valence-corrected chi connectivity index (χ0v) is 26.5. The summed E-state index contributed by atoms with van der Waals surface area (Å²) in [6, 6.07) is 26.2. The summed E-state index contributed by atoms with van der Waals surface area (Å²) in [4.78, 5) is 29.5. The molecule has 5 rings (SSSR count). The monoisotopic (exact) mass is 645 g/mol. The largest absolute Gasteiger partial charge is 0.486 e. The van der Waals surface area contributed by atoms with Crippen LogP contribution in [0.4, 0.5) is 10.1 Å². The molecule has 9 nitrogen and oxygen atoms in total. The van der Waals surface area contributed by atoms with Crippen LogP contribution in [0.25, 0.3) is 0 Å². The Morgan fingerprint density at radius 2 is 1.48 bits per heavy atom. The fourth-order valence-corrected chi connectivity index (χ4v) is 6.61. The van der Waals surface area contributed by atoms with E-state index in [0.717, 1.165) is 9.87 Å². The van der Waals surface area contributed by atoms with E-state index in [-0.39, 0.29) is 41.8 Å². The highest BCUT2D eigenvalue weighted by atomic mass is 32.2. The number of ether oxygens (including phenoxy) is 2. The van der Waals surface area contributed by atoms with Crippen molar-refractivity contribution in [2.45, 2.75) is 43.8 Å². The molecule has 240 valence electrons. The van der Waals surface area contributed by atoms with Crippen LogP contribution < -0.4 is 19.1 Å². The van der Waals surface area contributed by atoms with Gasteiger partial charge in [0.25, 0.3) is 10.0 Å².